The van der Waals surface area contributed by atoms with E-state index in [1.807, 2.05) is 30.3 Å². The molecule has 1 heterocycles. The predicted molar refractivity (Wildman–Crippen MR) is 123 cm³/mol. The van der Waals surface area contributed by atoms with Crippen LogP contribution in [0.5, 0.6) is 0 Å². The molecule has 164 valence electrons. The minimum Gasteiger partial charge on any atom is -0.394 e. The summed E-state index contributed by atoms with van der Waals surface area (Å²) in [5, 5.41) is 13.1. The summed E-state index contributed by atoms with van der Waals surface area (Å²) < 4.78 is 25.5. The van der Waals surface area contributed by atoms with Gasteiger partial charge in [-0.1, -0.05) is 68.1 Å². The second-order valence-corrected chi connectivity index (χ2v) is 10.1. The summed E-state index contributed by atoms with van der Waals surface area (Å²) in [7, 11) is -3.52. The molecule has 0 amide bonds. The van der Waals surface area contributed by atoms with Crippen LogP contribution >= 0.6 is 11.8 Å². The molecule has 10 heteroatoms. The first-order valence-corrected chi connectivity index (χ1v) is 12.6. The van der Waals surface area contributed by atoms with E-state index in [0.717, 1.165) is 30.4 Å². The average Bonchev–Trinajstić information content (AvgIpc) is 2.66. The van der Waals surface area contributed by atoms with Crippen LogP contribution in [-0.2, 0) is 10.0 Å². The van der Waals surface area contributed by atoms with Gasteiger partial charge in [0.15, 0.2) is 5.16 Å². The first-order chi connectivity index (χ1) is 14.2. The molecule has 1 atom stereocenters. The lowest BCUT2D eigenvalue weighted by molar-refractivity contribution is 0.259. The van der Waals surface area contributed by atoms with Gasteiger partial charge in [0.25, 0.3) is 0 Å². The van der Waals surface area contributed by atoms with E-state index in [-0.39, 0.29) is 24.5 Å². The molecule has 0 unspecified atom stereocenters. The minimum atomic E-state index is -3.52. The van der Waals surface area contributed by atoms with E-state index < -0.39 is 10.0 Å². The van der Waals surface area contributed by atoms with E-state index in [1.165, 1.54) is 11.8 Å². The Morgan fingerprint density at radius 1 is 1.13 bits per heavy atom. The summed E-state index contributed by atoms with van der Waals surface area (Å²) in [5.74, 6) is 1.28. The highest BCUT2D eigenvalue weighted by molar-refractivity contribution is 7.99. The van der Waals surface area contributed by atoms with Crippen molar-refractivity contribution in [3.63, 3.8) is 0 Å². The first-order valence-electron chi connectivity index (χ1n) is 9.71. The van der Waals surface area contributed by atoms with Gasteiger partial charge in [-0.25, -0.2) is 8.42 Å². The topological polar surface area (TPSA) is 117 Å². The number of anilines is 2. The van der Waals surface area contributed by atoms with Gasteiger partial charge >= 0.3 is 0 Å². The number of aliphatic hydroxyl groups is 1. The van der Waals surface area contributed by atoms with E-state index in [9.17, 15) is 13.5 Å². The highest BCUT2D eigenvalue weighted by atomic mass is 32.2. The van der Waals surface area contributed by atoms with Crippen LogP contribution in [0, 0.1) is 5.92 Å². The van der Waals surface area contributed by atoms with E-state index in [0.29, 0.717) is 11.1 Å². The Labute approximate surface area is 182 Å². The summed E-state index contributed by atoms with van der Waals surface area (Å²) in [6.07, 6.45) is 6.69. The zero-order valence-electron chi connectivity index (χ0n) is 17.4. The summed E-state index contributed by atoms with van der Waals surface area (Å²) in [4.78, 5) is 12.7. The fraction of sp³-hybridized carbons (Fsp3) is 0.450. The van der Waals surface area contributed by atoms with Crippen LogP contribution in [0.15, 0.2) is 41.6 Å². The fourth-order valence-corrected chi connectivity index (χ4v) is 3.79. The summed E-state index contributed by atoms with van der Waals surface area (Å²) in [5.41, 5.74) is 1.13. The third kappa shape index (κ3) is 9.55. The number of sulfonamides is 1. The Balaban J connectivity index is 2.06. The quantitative estimate of drug-likeness (QED) is 0.332. The highest BCUT2D eigenvalue weighted by Crippen LogP contribution is 2.19. The third-order valence-electron chi connectivity index (χ3n) is 3.83. The van der Waals surface area contributed by atoms with Crippen molar-refractivity contribution in [2.45, 2.75) is 37.9 Å². The van der Waals surface area contributed by atoms with Crippen LogP contribution in [0.25, 0.3) is 6.08 Å². The molecule has 0 aliphatic carbocycles. The molecule has 8 nitrogen and oxygen atoms in total. The Morgan fingerprint density at radius 2 is 1.83 bits per heavy atom. The van der Waals surface area contributed by atoms with Crippen molar-refractivity contribution >= 4 is 39.8 Å². The number of nitrogens with one attached hydrogen (secondary N) is 2. The van der Waals surface area contributed by atoms with Crippen molar-refractivity contribution in [3.8, 4) is 0 Å². The molecule has 0 radical (unpaired) electrons. The molecular weight excluding hydrogens is 422 g/mol. The van der Waals surface area contributed by atoms with Crippen LogP contribution in [0.4, 0.5) is 11.9 Å². The Morgan fingerprint density at radius 3 is 2.47 bits per heavy atom. The van der Waals surface area contributed by atoms with Crippen molar-refractivity contribution in [2.75, 3.05) is 28.7 Å². The molecule has 1 aromatic heterocycles. The standard InChI is InChI=1S/C20H29N5O3S2/c1-15(2)13-17(14-26)21-18-22-19(25-30(3,27)28)24-20(23-18)29-12-8-7-11-16-9-5-4-6-10-16/h4-7,9-11,15,17,26H,8,12-14H2,1-3H3,(H2,21,22,23,24,25)/b11-7+/t17-/m1/s1. The van der Waals surface area contributed by atoms with E-state index in [2.05, 4.69) is 51.0 Å². The number of aliphatic hydroxyl groups excluding tert-OH is 1. The monoisotopic (exact) mass is 451 g/mol. The molecule has 0 fully saturated rings. The molecule has 2 aromatic rings. The lowest BCUT2D eigenvalue weighted by Crippen LogP contribution is -2.27. The van der Waals surface area contributed by atoms with Crippen molar-refractivity contribution in [3.05, 3.63) is 42.0 Å². The molecular formula is C20H29N5O3S2. The van der Waals surface area contributed by atoms with Crippen molar-refractivity contribution in [2.24, 2.45) is 5.92 Å². The van der Waals surface area contributed by atoms with Crippen molar-refractivity contribution in [1.29, 1.82) is 0 Å². The number of nitrogens with zero attached hydrogens (tertiary/aromatic N) is 3. The molecule has 0 saturated heterocycles. The average molecular weight is 452 g/mol. The summed E-state index contributed by atoms with van der Waals surface area (Å²) in [6, 6.07) is 9.79. The van der Waals surface area contributed by atoms with Gasteiger partial charge < -0.3 is 10.4 Å². The molecule has 2 rings (SSSR count). The lowest BCUT2D eigenvalue weighted by atomic mass is 10.0. The smallest absolute Gasteiger partial charge is 0.242 e. The number of thioether (sulfide) groups is 1. The van der Waals surface area contributed by atoms with Gasteiger partial charge in [0, 0.05) is 5.75 Å². The van der Waals surface area contributed by atoms with Gasteiger partial charge in [0.2, 0.25) is 21.9 Å². The number of hydrogen-bond donors (Lipinski definition) is 3. The molecule has 0 bridgehead atoms. The van der Waals surface area contributed by atoms with Gasteiger partial charge in [-0.3, -0.25) is 4.72 Å². The highest BCUT2D eigenvalue weighted by Gasteiger charge is 2.15. The van der Waals surface area contributed by atoms with E-state index in [4.69, 9.17) is 0 Å². The zero-order valence-corrected chi connectivity index (χ0v) is 19.1. The fourth-order valence-electron chi connectivity index (χ4n) is 2.63. The largest absolute Gasteiger partial charge is 0.394 e. The molecule has 0 spiro atoms. The molecule has 1 aromatic carbocycles. The number of rotatable bonds is 12. The SMILES string of the molecule is CC(C)C[C@H](CO)Nc1nc(NS(C)(=O)=O)nc(SCC/C=C/c2ccccc2)n1. The molecule has 0 aliphatic rings. The van der Waals surface area contributed by atoms with Crippen LogP contribution < -0.4 is 10.0 Å². The Kier molecular flexibility index (Phi) is 9.54. The zero-order chi connectivity index (χ0) is 22.0. The van der Waals surface area contributed by atoms with Crippen molar-refractivity contribution < 1.29 is 13.5 Å². The van der Waals surface area contributed by atoms with Gasteiger partial charge in [-0.2, -0.15) is 15.0 Å². The maximum atomic E-state index is 11.6. The van der Waals surface area contributed by atoms with E-state index >= 15 is 0 Å². The molecule has 0 aliphatic heterocycles. The second kappa shape index (κ2) is 11.9. The second-order valence-electron chi connectivity index (χ2n) is 7.24. The van der Waals surface area contributed by atoms with Gasteiger partial charge in [0.1, 0.15) is 0 Å². The number of allylic oxidation sites excluding steroid dienone is 1. The maximum absolute atomic E-state index is 11.6. The Hall–Kier alpha value is -2.17. The molecule has 3 N–H and O–H groups in total. The Bertz CT molecular complexity index is 921. The van der Waals surface area contributed by atoms with Crippen LogP contribution in [0.2, 0.25) is 0 Å². The van der Waals surface area contributed by atoms with Gasteiger partial charge in [-0.15, -0.1) is 0 Å². The number of benzene rings is 1. The third-order valence-corrected chi connectivity index (χ3v) is 5.26. The first kappa shape index (κ1) is 24.1. The summed E-state index contributed by atoms with van der Waals surface area (Å²) in [6.45, 7) is 4.03. The van der Waals surface area contributed by atoms with Gasteiger partial charge in [0.05, 0.1) is 18.9 Å². The lowest BCUT2D eigenvalue weighted by Gasteiger charge is -2.18. The van der Waals surface area contributed by atoms with Crippen molar-refractivity contribution in [1.82, 2.24) is 15.0 Å². The summed E-state index contributed by atoms with van der Waals surface area (Å²) >= 11 is 1.41. The predicted octanol–water partition coefficient (Wildman–Crippen LogP) is 3.26. The van der Waals surface area contributed by atoms with Crippen LogP contribution in [0.1, 0.15) is 32.3 Å². The van der Waals surface area contributed by atoms with Gasteiger partial charge in [-0.05, 0) is 24.3 Å². The molecule has 0 saturated carbocycles. The van der Waals surface area contributed by atoms with Crippen LogP contribution in [-0.4, -0.2) is 53.1 Å². The van der Waals surface area contributed by atoms with Crippen LogP contribution in [0.3, 0.4) is 0 Å². The number of aromatic nitrogens is 3. The minimum absolute atomic E-state index is 0.0430. The normalized spacial score (nSPS) is 13.0. The number of hydrogen-bond acceptors (Lipinski definition) is 8. The maximum Gasteiger partial charge on any atom is 0.242 e. The van der Waals surface area contributed by atoms with E-state index in [1.54, 1.807) is 0 Å². The molecule has 30 heavy (non-hydrogen) atoms.